The number of methoxy groups -OCH3 is 1. The van der Waals surface area contributed by atoms with E-state index in [1.165, 1.54) is 19.3 Å². The number of ether oxygens (including phenoxy) is 1. The van der Waals surface area contributed by atoms with Crippen LogP contribution >= 0.6 is 0 Å². The molecule has 8 nitrogen and oxygen atoms in total. The van der Waals surface area contributed by atoms with E-state index < -0.39 is 0 Å². The fourth-order valence-electron chi connectivity index (χ4n) is 2.83. The number of carbonyl (C=O) groups is 2. The van der Waals surface area contributed by atoms with E-state index in [4.69, 9.17) is 16.2 Å². The van der Waals surface area contributed by atoms with Crippen LogP contribution in [0, 0.1) is 0 Å². The summed E-state index contributed by atoms with van der Waals surface area (Å²) in [6.07, 6.45) is 4.13. The van der Waals surface area contributed by atoms with Gasteiger partial charge in [0.1, 0.15) is 0 Å². The van der Waals surface area contributed by atoms with Gasteiger partial charge in [0.2, 0.25) is 11.8 Å². The van der Waals surface area contributed by atoms with E-state index in [0.29, 0.717) is 51.3 Å². The summed E-state index contributed by atoms with van der Waals surface area (Å²) in [7, 11) is 1.47. The number of nitrogens with two attached hydrogens (primary N) is 2. The lowest BCUT2D eigenvalue weighted by Gasteiger charge is -2.34. The van der Waals surface area contributed by atoms with Crippen molar-refractivity contribution in [2.75, 3.05) is 39.8 Å². The Labute approximate surface area is 159 Å². The molecule has 1 atom stereocenters. The Balaban J connectivity index is 1.83. The smallest absolute Gasteiger partial charge is 0.246 e. The summed E-state index contributed by atoms with van der Waals surface area (Å²) in [5, 5.41) is 9.60. The standard InChI is InChI=1S/C19H28N4O4/c1-27-17-12-14(2-5-16(17)24)3-6-18(25)22-8-10-23(11-9-22)19(26)7-4-15(21)13-20/h2-3,5-6,12,15,24H,4,7-11,13,20-21H2,1H3/b6-3+. The molecular weight excluding hydrogens is 348 g/mol. The van der Waals surface area contributed by atoms with E-state index in [0.717, 1.165) is 5.56 Å². The van der Waals surface area contributed by atoms with Crippen LogP contribution in [-0.4, -0.2) is 72.6 Å². The topological polar surface area (TPSA) is 122 Å². The average Bonchev–Trinajstić information content (AvgIpc) is 2.70. The maximum atomic E-state index is 12.3. The first-order valence-corrected chi connectivity index (χ1v) is 9.02. The summed E-state index contributed by atoms with van der Waals surface area (Å²) in [5.74, 6) is 0.345. The van der Waals surface area contributed by atoms with E-state index in [-0.39, 0.29) is 23.6 Å². The van der Waals surface area contributed by atoms with Crippen molar-refractivity contribution in [3.05, 3.63) is 29.8 Å². The van der Waals surface area contributed by atoms with Gasteiger partial charge in [0.05, 0.1) is 7.11 Å². The minimum atomic E-state index is -0.152. The highest BCUT2D eigenvalue weighted by Gasteiger charge is 2.23. The third kappa shape index (κ3) is 5.97. The molecule has 8 heteroatoms. The van der Waals surface area contributed by atoms with Crippen molar-refractivity contribution in [3.8, 4) is 11.5 Å². The molecule has 1 saturated heterocycles. The molecule has 1 unspecified atom stereocenters. The normalized spacial score (nSPS) is 15.8. The van der Waals surface area contributed by atoms with E-state index in [1.807, 2.05) is 0 Å². The minimum absolute atomic E-state index is 0.0502. The van der Waals surface area contributed by atoms with Crippen molar-refractivity contribution < 1.29 is 19.4 Å². The van der Waals surface area contributed by atoms with Gasteiger partial charge < -0.3 is 31.1 Å². The zero-order valence-corrected chi connectivity index (χ0v) is 15.6. The number of aromatic hydroxyl groups is 1. The lowest BCUT2D eigenvalue weighted by molar-refractivity contribution is -0.137. The molecular formula is C19H28N4O4. The van der Waals surface area contributed by atoms with Gasteiger partial charge in [-0.25, -0.2) is 0 Å². The monoisotopic (exact) mass is 376 g/mol. The number of amides is 2. The second kappa shape index (κ2) is 9.94. The molecule has 0 saturated carbocycles. The molecule has 1 aromatic carbocycles. The molecule has 1 aliphatic heterocycles. The number of hydrogen-bond acceptors (Lipinski definition) is 6. The second-order valence-corrected chi connectivity index (χ2v) is 6.51. The largest absolute Gasteiger partial charge is 0.504 e. The van der Waals surface area contributed by atoms with Crippen molar-refractivity contribution in [1.82, 2.24) is 9.80 Å². The minimum Gasteiger partial charge on any atom is -0.504 e. The van der Waals surface area contributed by atoms with E-state index in [9.17, 15) is 14.7 Å². The lowest BCUT2D eigenvalue weighted by Crippen LogP contribution is -2.50. The van der Waals surface area contributed by atoms with Crippen LogP contribution in [0.3, 0.4) is 0 Å². The van der Waals surface area contributed by atoms with Crippen molar-refractivity contribution in [3.63, 3.8) is 0 Å². The third-order valence-corrected chi connectivity index (χ3v) is 4.60. The van der Waals surface area contributed by atoms with E-state index in [2.05, 4.69) is 0 Å². The molecule has 148 valence electrons. The predicted molar refractivity (Wildman–Crippen MR) is 103 cm³/mol. The Morgan fingerprint density at radius 3 is 2.56 bits per heavy atom. The van der Waals surface area contributed by atoms with Crippen LogP contribution < -0.4 is 16.2 Å². The van der Waals surface area contributed by atoms with Crippen molar-refractivity contribution in [1.29, 1.82) is 0 Å². The van der Waals surface area contributed by atoms with Crippen LogP contribution in [0.2, 0.25) is 0 Å². The van der Waals surface area contributed by atoms with E-state index >= 15 is 0 Å². The van der Waals surface area contributed by atoms with Crippen molar-refractivity contribution >= 4 is 17.9 Å². The quantitative estimate of drug-likeness (QED) is 0.582. The Bertz CT molecular complexity index is 684. The first-order chi connectivity index (χ1) is 12.9. The van der Waals surface area contributed by atoms with Crippen molar-refractivity contribution in [2.24, 2.45) is 11.5 Å². The Hall–Kier alpha value is -2.58. The van der Waals surface area contributed by atoms with Gasteiger partial charge >= 0.3 is 0 Å². The summed E-state index contributed by atoms with van der Waals surface area (Å²) >= 11 is 0. The molecule has 1 aliphatic rings. The number of hydrogen-bond donors (Lipinski definition) is 3. The van der Waals surface area contributed by atoms with Gasteiger partial charge in [-0.15, -0.1) is 0 Å². The molecule has 0 aliphatic carbocycles. The van der Waals surface area contributed by atoms with Crippen LogP contribution in [0.15, 0.2) is 24.3 Å². The molecule has 1 fully saturated rings. The zero-order chi connectivity index (χ0) is 19.8. The van der Waals surface area contributed by atoms with Crippen LogP contribution in [0.5, 0.6) is 11.5 Å². The van der Waals surface area contributed by atoms with Gasteiger partial charge in [0, 0.05) is 51.3 Å². The molecule has 1 heterocycles. The van der Waals surface area contributed by atoms with Gasteiger partial charge in [0.25, 0.3) is 0 Å². The Morgan fingerprint density at radius 1 is 1.26 bits per heavy atom. The molecule has 0 aromatic heterocycles. The number of piperazine rings is 1. The second-order valence-electron chi connectivity index (χ2n) is 6.51. The van der Waals surface area contributed by atoms with Crippen LogP contribution in [0.25, 0.3) is 6.08 Å². The fourth-order valence-corrected chi connectivity index (χ4v) is 2.83. The van der Waals surface area contributed by atoms with Gasteiger partial charge in [-0.3, -0.25) is 9.59 Å². The van der Waals surface area contributed by atoms with Gasteiger partial charge in [-0.2, -0.15) is 0 Å². The summed E-state index contributed by atoms with van der Waals surface area (Å²) in [5.41, 5.74) is 12.0. The number of nitrogens with zero attached hydrogens (tertiary/aromatic N) is 2. The lowest BCUT2D eigenvalue weighted by atomic mass is 10.1. The fraction of sp³-hybridized carbons (Fsp3) is 0.474. The molecule has 0 radical (unpaired) electrons. The first-order valence-electron chi connectivity index (χ1n) is 9.02. The highest BCUT2D eigenvalue weighted by molar-refractivity contribution is 5.92. The molecule has 5 N–H and O–H groups in total. The van der Waals surface area contributed by atoms with Crippen molar-refractivity contribution in [2.45, 2.75) is 18.9 Å². The Kier molecular flexibility index (Phi) is 7.63. The molecule has 27 heavy (non-hydrogen) atoms. The summed E-state index contributed by atoms with van der Waals surface area (Å²) in [4.78, 5) is 28.0. The highest BCUT2D eigenvalue weighted by Crippen LogP contribution is 2.26. The van der Waals surface area contributed by atoms with Gasteiger partial charge in [-0.1, -0.05) is 6.07 Å². The number of phenols is 1. The number of carbonyl (C=O) groups excluding carboxylic acids is 2. The Morgan fingerprint density at radius 2 is 1.93 bits per heavy atom. The number of rotatable bonds is 7. The maximum Gasteiger partial charge on any atom is 0.246 e. The molecule has 2 rings (SSSR count). The maximum absolute atomic E-state index is 12.3. The molecule has 0 spiro atoms. The molecule has 2 amide bonds. The predicted octanol–water partition coefficient (Wildman–Crippen LogP) is 0.151. The highest BCUT2D eigenvalue weighted by atomic mass is 16.5. The third-order valence-electron chi connectivity index (χ3n) is 4.60. The molecule has 1 aromatic rings. The average molecular weight is 376 g/mol. The van der Waals surface area contributed by atoms with Gasteiger partial charge in [-0.05, 0) is 30.2 Å². The first kappa shape index (κ1) is 20.7. The summed E-state index contributed by atoms with van der Waals surface area (Å²) < 4.78 is 5.05. The SMILES string of the molecule is COc1cc(/C=C/C(=O)N2CCN(C(=O)CCC(N)CN)CC2)ccc1O. The van der Waals surface area contributed by atoms with Gasteiger partial charge in [0.15, 0.2) is 11.5 Å². The summed E-state index contributed by atoms with van der Waals surface area (Å²) in [6.45, 7) is 2.40. The number of benzene rings is 1. The van der Waals surface area contributed by atoms with Crippen LogP contribution in [-0.2, 0) is 9.59 Å². The summed E-state index contributed by atoms with van der Waals surface area (Å²) in [6, 6.07) is 4.72. The van der Waals surface area contributed by atoms with E-state index in [1.54, 1.807) is 28.0 Å². The number of phenolic OH excluding ortho intramolecular Hbond substituents is 1. The van der Waals surface area contributed by atoms with Crippen LogP contribution in [0.1, 0.15) is 18.4 Å². The van der Waals surface area contributed by atoms with Crippen LogP contribution in [0.4, 0.5) is 0 Å². The molecule has 0 bridgehead atoms. The zero-order valence-electron chi connectivity index (χ0n) is 15.6.